The molecule has 0 bridgehead atoms. The van der Waals surface area contributed by atoms with Gasteiger partial charge in [-0.3, -0.25) is 4.57 Å². The van der Waals surface area contributed by atoms with Crippen molar-refractivity contribution in [2.24, 2.45) is 0 Å². The molecule has 0 amide bonds. The normalized spacial score (nSPS) is 16.6. The predicted octanol–water partition coefficient (Wildman–Crippen LogP) is 1.41. The van der Waals surface area contributed by atoms with Crippen LogP contribution in [-0.4, -0.2) is 37.6 Å². The zero-order valence-electron chi connectivity index (χ0n) is 10.2. The quantitative estimate of drug-likeness (QED) is 0.560. The average Bonchev–Trinajstić information content (AvgIpc) is 2.19. The largest absolute Gasteiger partial charge is 0.756 e. The van der Waals surface area contributed by atoms with Gasteiger partial charge in [0, 0.05) is 12.8 Å². The molecule has 1 rings (SSSR count). The van der Waals surface area contributed by atoms with Crippen LogP contribution in [0.25, 0.3) is 0 Å². The predicted molar refractivity (Wildman–Crippen MR) is 61.8 cm³/mol. The van der Waals surface area contributed by atoms with Gasteiger partial charge >= 0.3 is 0 Å². The molecule has 0 radical (unpaired) electrons. The van der Waals surface area contributed by atoms with E-state index in [1.807, 2.05) is 0 Å². The van der Waals surface area contributed by atoms with Crippen LogP contribution >= 0.6 is 7.82 Å². The fourth-order valence-corrected chi connectivity index (χ4v) is 2.02. The minimum atomic E-state index is -3.94. The Balaban J connectivity index is 0.000000288. The van der Waals surface area contributed by atoms with Gasteiger partial charge in [0.05, 0.1) is 13.2 Å². The van der Waals surface area contributed by atoms with Crippen molar-refractivity contribution in [3.63, 3.8) is 0 Å². The summed E-state index contributed by atoms with van der Waals surface area (Å²) in [7, 11) is -3.94. The summed E-state index contributed by atoms with van der Waals surface area (Å²) in [5, 5.41) is 0. The highest BCUT2D eigenvalue weighted by atomic mass is 31.2. The molecule has 0 aliphatic carbocycles. The standard InChI is InChI=1S/C6H12N.C4H11O4P/c1-7-5-3-2-4-6-7;1-3-7-9(5,6)8-4-2/h1-6H2;3-4H2,1-2H3,(H,5,6)/q+1;/p-1. The maximum Gasteiger partial charge on any atom is 0.267 e. The van der Waals surface area contributed by atoms with Crippen molar-refractivity contribution in [1.82, 2.24) is 0 Å². The molecule has 0 atom stereocenters. The van der Waals surface area contributed by atoms with Crippen molar-refractivity contribution >= 4 is 14.5 Å². The Morgan fingerprint density at radius 3 is 1.88 bits per heavy atom. The van der Waals surface area contributed by atoms with Crippen LogP contribution < -0.4 is 4.89 Å². The summed E-state index contributed by atoms with van der Waals surface area (Å²) in [6, 6.07) is 0. The molecule has 6 heteroatoms. The van der Waals surface area contributed by atoms with Gasteiger partial charge in [0.15, 0.2) is 0 Å². The first-order valence-corrected chi connectivity index (χ1v) is 7.13. The molecule has 0 unspecified atom stereocenters. The van der Waals surface area contributed by atoms with Gasteiger partial charge in [-0.05, 0) is 20.3 Å². The van der Waals surface area contributed by atoms with Crippen molar-refractivity contribution < 1.29 is 23.1 Å². The van der Waals surface area contributed by atoms with E-state index in [9.17, 15) is 9.46 Å². The van der Waals surface area contributed by atoms with Gasteiger partial charge in [-0.15, -0.1) is 0 Å². The maximum atomic E-state index is 10.4. The number of rotatable bonds is 4. The summed E-state index contributed by atoms with van der Waals surface area (Å²) >= 11 is 0. The lowest BCUT2D eigenvalue weighted by atomic mass is 10.2. The van der Waals surface area contributed by atoms with E-state index in [1.165, 1.54) is 32.4 Å². The van der Waals surface area contributed by atoms with Gasteiger partial charge in [-0.25, -0.2) is 4.58 Å². The van der Waals surface area contributed by atoms with Crippen molar-refractivity contribution in [2.75, 3.05) is 26.3 Å². The van der Waals surface area contributed by atoms with Gasteiger partial charge < -0.3 is 13.9 Å². The van der Waals surface area contributed by atoms with Crippen LogP contribution in [0.4, 0.5) is 0 Å². The maximum absolute atomic E-state index is 10.4. The second-order valence-corrected chi connectivity index (χ2v) is 4.87. The Morgan fingerprint density at radius 1 is 1.19 bits per heavy atom. The minimum Gasteiger partial charge on any atom is -0.756 e. The van der Waals surface area contributed by atoms with Gasteiger partial charge in [0.2, 0.25) is 0 Å². The lowest BCUT2D eigenvalue weighted by Gasteiger charge is -2.20. The zero-order chi connectivity index (χ0) is 12.4. The topological polar surface area (TPSA) is 61.6 Å². The highest BCUT2D eigenvalue weighted by Crippen LogP contribution is 2.37. The fourth-order valence-electron chi connectivity index (χ4n) is 1.31. The van der Waals surface area contributed by atoms with Crippen LogP contribution in [-0.2, 0) is 13.6 Å². The van der Waals surface area contributed by atoms with Crippen LogP contribution in [0.2, 0.25) is 0 Å². The van der Waals surface area contributed by atoms with Gasteiger partial charge in [0.1, 0.15) is 19.8 Å². The van der Waals surface area contributed by atoms with Crippen molar-refractivity contribution in [2.45, 2.75) is 33.1 Å². The Morgan fingerprint density at radius 2 is 1.62 bits per heavy atom. The molecular formula is C10H22NO4P. The monoisotopic (exact) mass is 251 g/mol. The molecule has 0 spiro atoms. The molecule has 0 aromatic rings. The van der Waals surface area contributed by atoms with Crippen molar-refractivity contribution in [3.8, 4) is 0 Å². The molecule has 1 heterocycles. The number of phosphoric acid groups is 1. The molecule has 1 fully saturated rings. The molecule has 0 aromatic carbocycles. The van der Waals surface area contributed by atoms with Gasteiger partial charge in [0.25, 0.3) is 7.82 Å². The third-order valence-electron chi connectivity index (χ3n) is 2.02. The SMILES string of the molecule is C=[N+]1CCCCC1.CCOP(=O)([O-])OCC. The summed E-state index contributed by atoms with van der Waals surface area (Å²) in [5.74, 6) is 0. The second kappa shape index (κ2) is 8.88. The number of phosphoric ester groups is 1. The Kier molecular flexibility index (Phi) is 8.76. The molecule has 0 saturated carbocycles. The van der Waals surface area contributed by atoms with E-state index in [0.29, 0.717) is 0 Å². The van der Waals surface area contributed by atoms with E-state index >= 15 is 0 Å². The van der Waals surface area contributed by atoms with Crippen LogP contribution in [0.15, 0.2) is 0 Å². The molecule has 0 N–H and O–H groups in total. The summed E-state index contributed by atoms with van der Waals surface area (Å²) in [6.45, 7) is 9.67. The first-order chi connectivity index (χ1) is 7.52. The minimum absolute atomic E-state index is 0.126. The summed E-state index contributed by atoms with van der Waals surface area (Å²) in [4.78, 5) is 10.4. The summed E-state index contributed by atoms with van der Waals surface area (Å²) < 4.78 is 21.1. The van der Waals surface area contributed by atoms with Crippen molar-refractivity contribution in [3.05, 3.63) is 0 Å². The summed E-state index contributed by atoms with van der Waals surface area (Å²) in [5.41, 5.74) is 0. The third kappa shape index (κ3) is 9.04. The number of hydrogen-bond acceptors (Lipinski definition) is 4. The third-order valence-corrected chi connectivity index (χ3v) is 3.17. The molecule has 5 nitrogen and oxygen atoms in total. The molecule has 1 saturated heterocycles. The smallest absolute Gasteiger partial charge is 0.267 e. The molecule has 1 aliphatic rings. The van der Waals surface area contributed by atoms with Gasteiger partial charge in [-0.1, -0.05) is 0 Å². The molecule has 1 aliphatic heterocycles. The van der Waals surface area contributed by atoms with E-state index in [4.69, 9.17) is 0 Å². The Labute approximate surface area is 97.7 Å². The van der Waals surface area contributed by atoms with E-state index in [-0.39, 0.29) is 13.2 Å². The van der Waals surface area contributed by atoms with E-state index in [0.717, 1.165) is 0 Å². The zero-order valence-corrected chi connectivity index (χ0v) is 11.1. The van der Waals surface area contributed by atoms with Gasteiger partial charge in [-0.2, -0.15) is 0 Å². The lowest BCUT2D eigenvalue weighted by Crippen LogP contribution is -2.17. The van der Waals surface area contributed by atoms with Crippen LogP contribution in [0.5, 0.6) is 0 Å². The highest BCUT2D eigenvalue weighted by Gasteiger charge is 2.05. The van der Waals surface area contributed by atoms with E-state index in [2.05, 4.69) is 20.3 Å². The fraction of sp³-hybridized carbons (Fsp3) is 0.900. The molecule has 0 aromatic heterocycles. The average molecular weight is 251 g/mol. The number of hydrogen-bond donors (Lipinski definition) is 0. The van der Waals surface area contributed by atoms with Crippen LogP contribution in [0, 0.1) is 0 Å². The van der Waals surface area contributed by atoms with E-state index in [1.54, 1.807) is 13.8 Å². The van der Waals surface area contributed by atoms with Crippen molar-refractivity contribution in [1.29, 1.82) is 0 Å². The molecule has 96 valence electrons. The lowest BCUT2D eigenvalue weighted by molar-refractivity contribution is -0.529. The number of piperidine rings is 1. The highest BCUT2D eigenvalue weighted by molar-refractivity contribution is 7.45. The second-order valence-electron chi connectivity index (χ2n) is 3.46. The first-order valence-electron chi connectivity index (χ1n) is 5.67. The molecular weight excluding hydrogens is 229 g/mol. The number of nitrogens with zero attached hydrogens (tertiary/aromatic N) is 1. The Hall–Kier alpha value is -0.220. The first kappa shape index (κ1) is 15.8. The van der Waals surface area contributed by atoms with Crippen LogP contribution in [0.3, 0.4) is 0 Å². The molecule has 16 heavy (non-hydrogen) atoms. The summed E-state index contributed by atoms with van der Waals surface area (Å²) in [6.07, 6.45) is 4.11. The Bertz CT molecular complexity index is 227. The van der Waals surface area contributed by atoms with Crippen LogP contribution in [0.1, 0.15) is 33.1 Å². The van der Waals surface area contributed by atoms with E-state index < -0.39 is 7.82 Å².